The Labute approximate surface area is 120 Å². The Morgan fingerprint density at radius 2 is 2.10 bits per heavy atom. The zero-order valence-corrected chi connectivity index (χ0v) is 13.1. The Hall–Kier alpha value is -1.36. The van der Waals surface area contributed by atoms with Gasteiger partial charge in [-0.2, -0.15) is 0 Å². The molecule has 1 aromatic heterocycles. The highest BCUT2D eigenvalue weighted by Gasteiger charge is 2.46. The summed E-state index contributed by atoms with van der Waals surface area (Å²) in [6, 6.07) is 1.90. The highest BCUT2D eigenvalue weighted by atomic mass is 16.5. The zero-order valence-electron chi connectivity index (χ0n) is 13.1. The molecule has 2 rings (SSSR count). The molecule has 0 bridgehead atoms. The Balaban J connectivity index is 2.25. The Morgan fingerprint density at radius 3 is 2.60 bits per heavy atom. The number of rotatable bonds is 3. The highest BCUT2D eigenvalue weighted by Crippen LogP contribution is 2.38. The van der Waals surface area contributed by atoms with Crippen LogP contribution >= 0.6 is 0 Å². The predicted molar refractivity (Wildman–Crippen MR) is 77.0 cm³/mol. The van der Waals surface area contributed by atoms with E-state index in [0.717, 1.165) is 30.8 Å². The van der Waals surface area contributed by atoms with Crippen molar-refractivity contribution in [2.24, 2.45) is 11.1 Å². The first-order chi connectivity index (χ1) is 9.14. The second-order valence-electron chi connectivity index (χ2n) is 6.87. The van der Waals surface area contributed by atoms with Crippen molar-refractivity contribution in [3.05, 3.63) is 17.5 Å². The molecule has 0 radical (unpaired) electrons. The Bertz CT molecular complexity index is 499. The molecule has 2 heterocycles. The lowest BCUT2D eigenvalue weighted by molar-refractivity contribution is -0.144. The molecule has 0 aliphatic carbocycles. The second kappa shape index (κ2) is 4.88. The van der Waals surface area contributed by atoms with Crippen molar-refractivity contribution >= 4 is 5.91 Å². The summed E-state index contributed by atoms with van der Waals surface area (Å²) < 4.78 is 5.35. The summed E-state index contributed by atoms with van der Waals surface area (Å²) in [5.74, 6) is 0.862. The van der Waals surface area contributed by atoms with E-state index < -0.39 is 11.0 Å². The average molecular weight is 279 g/mol. The topological polar surface area (TPSA) is 72.4 Å². The van der Waals surface area contributed by atoms with Crippen LogP contribution in [0.15, 0.2) is 10.6 Å². The van der Waals surface area contributed by atoms with Gasteiger partial charge in [0.05, 0.1) is 17.2 Å². The quantitative estimate of drug-likeness (QED) is 0.922. The van der Waals surface area contributed by atoms with Gasteiger partial charge in [-0.3, -0.25) is 4.79 Å². The van der Waals surface area contributed by atoms with E-state index >= 15 is 0 Å². The zero-order chi connectivity index (χ0) is 15.1. The number of aromatic nitrogens is 1. The third-order valence-corrected chi connectivity index (χ3v) is 4.63. The number of nitrogens with zero attached hydrogens (tertiary/aromatic N) is 2. The predicted octanol–water partition coefficient (Wildman–Crippen LogP) is 2.41. The number of hydrogen-bond donors (Lipinski definition) is 1. The van der Waals surface area contributed by atoms with Crippen LogP contribution in [0.1, 0.15) is 58.0 Å². The van der Waals surface area contributed by atoms with E-state index in [-0.39, 0.29) is 11.9 Å². The molecule has 0 aromatic carbocycles. The smallest absolute Gasteiger partial charge is 0.230 e. The summed E-state index contributed by atoms with van der Waals surface area (Å²) >= 11 is 0. The minimum absolute atomic E-state index is 0.00896. The molecule has 1 unspecified atom stereocenters. The number of amides is 1. The minimum atomic E-state index is -0.620. The van der Waals surface area contributed by atoms with Crippen LogP contribution in [-0.2, 0) is 4.79 Å². The van der Waals surface area contributed by atoms with Crippen molar-refractivity contribution in [3.63, 3.8) is 0 Å². The van der Waals surface area contributed by atoms with Crippen molar-refractivity contribution in [1.29, 1.82) is 0 Å². The molecule has 1 aromatic rings. The summed E-state index contributed by atoms with van der Waals surface area (Å²) in [5.41, 5.74) is 5.84. The standard InChI is InChI=1S/C15H25N3O2/c1-10-9-12(20-17-10)11-7-6-8-18(11)13(19)14(2,3)15(4,5)16/h9,11H,6-8,16H2,1-5H3. The maximum atomic E-state index is 12.9. The molecule has 2 N–H and O–H groups in total. The molecule has 1 atom stereocenters. The molecule has 1 aliphatic heterocycles. The fourth-order valence-corrected chi connectivity index (χ4v) is 2.48. The third kappa shape index (κ3) is 2.46. The number of carbonyl (C=O) groups is 1. The van der Waals surface area contributed by atoms with E-state index in [1.165, 1.54) is 0 Å². The monoisotopic (exact) mass is 279 g/mol. The first-order valence-electron chi connectivity index (χ1n) is 7.18. The van der Waals surface area contributed by atoms with Crippen LogP contribution in [0.5, 0.6) is 0 Å². The van der Waals surface area contributed by atoms with Crippen LogP contribution in [0, 0.1) is 12.3 Å². The highest BCUT2D eigenvalue weighted by molar-refractivity contribution is 5.84. The maximum Gasteiger partial charge on any atom is 0.230 e. The van der Waals surface area contributed by atoms with E-state index in [0.29, 0.717) is 0 Å². The first-order valence-corrected chi connectivity index (χ1v) is 7.18. The number of carbonyl (C=O) groups excluding carboxylic acids is 1. The van der Waals surface area contributed by atoms with Crippen molar-refractivity contribution in [2.45, 2.75) is 59.0 Å². The van der Waals surface area contributed by atoms with Gasteiger partial charge in [-0.25, -0.2) is 0 Å². The molecular formula is C15H25N3O2. The molecule has 1 amide bonds. The van der Waals surface area contributed by atoms with E-state index in [2.05, 4.69) is 5.16 Å². The summed E-state index contributed by atoms with van der Waals surface area (Å²) in [6.45, 7) is 10.3. The van der Waals surface area contributed by atoms with Crippen LogP contribution in [0.3, 0.4) is 0 Å². The van der Waals surface area contributed by atoms with Crippen molar-refractivity contribution in [3.8, 4) is 0 Å². The molecular weight excluding hydrogens is 254 g/mol. The Kier molecular flexibility index (Phi) is 3.67. The summed E-state index contributed by atoms with van der Waals surface area (Å²) in [5, 5.41) is 3.93. The maximum absolute atomic E-state index is 12.9. The third-order valence-electron chi connectivity index (χ3n) is 4.63. The van der Waals surface area contributed by atoms with Crippen LogP contribution in [-0.4, -0.2) is 28.0 Å². The molecule has 1 fully saturated rings. The first kappa shape index (κ1) is 15.0. The number of likely N-dealkylation sites (tertiary alicyclic amines) is 1. The van der Waals surface area contributed by atoms with Gasteiger partial charge in [-0.1, -0.05) is 5.16 Å². The van der Waals surface area contributed by atoms with Crippen molar-refractivity contribution in [1.82, 2.24) is 10.1 Å². The number of aryl methyl sites for hydroxylation is 1. The Morgan fingerprint density at radius 1 is 1.45 bits per heavy atom. The normalized spacial score (nSPS) is 20.5. The van der Waals surface area contributed by atoms with E-state index in [4.69, 9.17) is 10.3 Å². The molecule has 0 spiro atoms. The van der Waals surface area contributed by atoms with Gasteiger partial charge in [0.25, 0.3) is 0 Å². The summed E-state index contributed by atoms with van der Waals surface area (Å²) in [7, 11) is 0. The fraction of sp³-hybridized carbons (Fsp3) is 0.733. The summed E-state index contributed by atoms with van der Waals surface area (Å²) in [6.07, 6.45) is 1.90. The van der Waals surface area contributed by atoms with Crippen molar-refractivity contribution in [2.75, 3.05) is 6.54 Å². The number of hydrogen-bond acceptors (Lipinski definition) is 4. The van der Waals surface area contributed by atoms with Crippen LogP contribution in [0.2, 0.25) is 0 Å². The molecule has 112 valence electrons. The fourth-order valence-electron chi connectivity index (χ4n) is 2.48. The van der Waals surface area contributed by atoms with Crippen molar-refractivity contribution < 1.29 is 9.32 Å². The molecule has 5 nitrogen and oxygen atoms in total. The van der Waals surface area contributed by atoms with Gasteiger partial charge < -0.3 is 15.2 Å². The number of nitrogens with two attached hydrogens (primary N) is 1. The largest absolute Gasteiger partial charge is 0.359 e. The molecule has 5 heteroatoms. The molecule has 20 heavy (non-hydrogen) atoms. The van der Waals surface area contributed by atoms with Gasteiger partial charge >= 0.3 is 0 Å². The van der Waals surface area contributed by atoms with Crippen LogP contribution in [0.25, 0.3) is 0 Å². The molecule has 1 aliphatic rings. The van der Waals surface area contributed by atoms with E-state index in [1.807, 2.05) is 45.6 Å². The van der Waals surface area contributed by atoms with Gasteiger partial charge in [0.1, 0.15) is 0 Å². The lowest BCUT2D eigenvalue weighted by Crippen LogP contribution is -2.56. The summed E-state index contributed by atoms with van der Waals surface area (Å²) in [4.78, 5) is 14.8. The minimum Gasteiger partial charge on any atom is -0.359 e. The second-order valence-corrected chi connectivity index (χ2v) is 6.87. The van der Waals surface area contributed by atoms with Gasteiger partial charge in [0.15, 0.2) is 5.76 Å². The van der Waals surface area contributed by atoms with E-state index in [9.17, 15) is 4.79 Å². The van der Waals surface area contributed by atoms with E-state index in [1.54, 1.807) is 0 Å². The molecule has 0 saturated carbocycles. The SMILES string of the molecule is Cc1cc(C2CCCN2C(=O)C(C)(C)C(C)(C)N)on1. The van der Waals surface area contributed by atoms with Crippen LogP contribution in [0.4, 0.5) is 0 Å². The van der Waals surface area contributed by atoms with Crippen LogP contribution < -0.4 is 5.73 Å². The van der Waals surface area contributed by atoms with Gasteiger partial charge in [0, 0.05) is 18.2 Å². The molecule has 1 saturated heterocycles. The van der Waals surface area contributed by atoms with Gasteiger partial charge in [0.2, 0.25) is 5.91 Å². The van der Waals surface area contributed by atoms with Gasteiger partial charge in [-0.15, -0.1) is 0 Å². The van der Waals surface area contributed by atoms with Gasteiger partial charge in [-0.05, 0) is 47.5 Å². The lowest BCUT2D eigenvalue weighted by Gasteiger charge is -2.40. The average Bonchev–Trinajstić information content (AvgIpc) is 2.94. The lowest BCUT2D eigenvalue weighted by atomic mass is 9.74.